The molecule has 0 aliphatic rings. The van der Waals surface area contributed by atoms with Gasteiger partial charge in [0.25, 0.3) is 5.78 Å². The van der Waals surface area contributed by atoms with Gasteiger partial charge in [0.1, 0.15) is 0 Å². The van der Waals surface area contributed by atoms with Crippen LogP contribution in [0.15, 0.2) is 170 Å². The van der Waals surface area contributed by atoms with E-state index in [9.17, 15) is 0 Å². The van der Waals surface area contributed by atoms with Crippen LogP contribution in [0, 0.1) is 55.4 Å². The Morgan fingerprint density at radius 1 is 0.243 bits per heavy atom. The average molecular weight is 909 g/mol. The van der Waals surface area contributed by atoms with Crippen LogP contribution in [0.4, 0.5) is 0 Å². The predicted molar refractivity (Wildman–Crippen MR) is 284 cm³/mol. The summed E-state index contributed by atoms with van der Waals surface area (Å²) in [5, 5.41) is 0. The van der Waals surface area contributed by atoms with Crippen molar-refractivity contribution >= 4 is 5.78 Å². The highest BCUT2D eigenvalue weighted by atomic mass is 16.1. The van der Waals surface area contributed by atoms with Gasteiger partial charge in [-0.05, 0) is 124 Å². The lowest BCUT2D eigenvalue weighted by Crippen LogP contribution is -2.15. The summed E-state index contributed by atoms with van der Waals surface area (Å²) in [4.78, 5) is 45.3. The SMILES string of the molecule is Cc1cc(C)cc(-c2cccc(-c3nc(C(=O)c4nc(-c5cccc(-c6cc(C)cc(C)c6)c5)nc(-c5cccc(-c6cc(C)cc(C)c6)c5)n4)nc(-c4cccc(-c5cc(C)cc(C)c5)c4)n3)c2)c1. The maximum Gasteiger partial charge on any atom is 0.267 e. The molecule has 10 rings (SSSR count). The monoisotopic (exact) mass is 908 g/mol. The van der Waals surface area contributed by atoms with E-state index in [1.54, 1.807) is 0 Å². The van der Waals surface area contributed by atoms with Crippen molar-refractivity contribution in [2.45, 2.75) is 55.4 Å². The molecular weight excluding hydrogens is 857 g/mol. The Morgan fingerprint density at radius 3 is 0.657 bits per heavy atom. The fourth-order valence-electron chi connectivity index (χ4n) is 9.49. The van der Waals surface area contributed by atoms with Gasteiger partial charge in [-0.2, -0.15) is 0 Å². The van der Waals surface area contributed by atoms with E-state index in [0.29, 0.717) is 23.3 Å². The van der Waals surface area contributed by atoms with Gasteiger partial charge in [0.2, 0.25) is 11.6 Å². The number of benzene rings is 8. The molecule has 70 heavy (non-hydrogen) atoms. The second-order valence-corrected chi connectivity index (χ2v) is 18.8. The van der Waals surface area contributed by atoms with Gasteiger partial charge >= 0.3 is 0 Å². The summed E-state index contributed by atoms with van der Waals surface area (Å²) in [6.45, 7) is 16.8. The molecule has 0 aliphatic carbocycles. The van der Waals surface area contributed by atoms with E-state index in [1.807, 2.05) is 48.5 Å². The first-order valence-corrected chi connectivity index (χ1v) is 23.6. The molecule has 7 nitrogen and oxygen atoms in total. The van der Waals surface area contributed by atoms with Crippen molar-refractivity contribution in [1.82, 2.24) is 29.9 Å². The number of aryl methyl sites for hydroxylation is 8. The van der Waals surface area contributed by atoms with Crippen LogP contribution in [0.5, 0.6) is 0 Å². The van der Waals surface area contributed by atoms with E-state index in [0.717, 1.165) is 66.8 Å². The summed E-state index contributed by atoms with van der Waals surface area (Å²) < 4.78 is 0. The van der Waals surface area contributed by atoms with Gasteiger partial charge < -0.3 is 0 Å². The van der Waals surface area contributed by atoms with Crippen molar-refractivity contribution in [2.24, 2.45) is 0 Å². The minimum absolute atomic E-state index is 0.0790. The third-order valence-corrected chi connectivity index (χ3v) is 12.4. The Kier molecular flexibility index (Phi) is 12.2. The third kappa shape index (κ3) is 9.87. The lowest BCUT2D eigenvalue weighted by Gasteiger charge is -2.12. The minimum Gasteiger partial charge on any atom is -0.281 e. The number of rotatable bonds is 10. The standard InChI is InChI=1S/C63H52N6O/c1-37-21-38(2)26-53(25-37)45-13-9-17-49(33-45)58-64-59(50-18-10-14-46(34-50)54-27-39(3)22-40(4)28-54)67-62(66-58)57(70)63-68-60(51-19-11-15-47(35-51)55-29-41(5)23-42(6)30-55)65-61(69-63)52-20-12-16-48(36-52)56-31-43(7)24-44(8)32-56/h9-36H,1-8H3. The van der Waals surface area contributed by atoms with Crippen molar-refractivity contribution in [3.63, 3.8) is 0 Å². The van der Waals surface area contributed by atoms with E-state index < -0.39 is 5.78 Å². The summed E-state index contributed by atoms with van der Waals surface area (Å²) in [6, 6.07) is 58.5. The van der Waals surface area contributed by atoms with Crippen LogP contribution in [0.2, 0.25) is 0 Å². The predicted octanol–water partition coefficient (Wildman–Crippen LogP) is 15.1. The summed E-state index contributed by atoms with van der Waals surface area (Å²) >= 11 is 0. The molecule has 10 aromatic rings. The molecule has 0 atom stereocenters. The molecule has 2 aromatic heterocycles. The smallest absolute Gasteiger partial charge is 0.267 e. The maximum atomic E-state index is 15.3. The molecular formula is C63H52N6O. The summed E-state index contributed by atoms with van der Waals surface area (Å²) in [7, 11) is 0. The zero-order valence-corrected chi connectivity index (χ0v) is 40.8. The van der Waals surface area contributed by atoms with E-state index in [1.165, 1.54) is 44.5 Å². The van der Waals surface area contributed by atoms with Gasteiger partial charge in [-0.1, -0.05) is 190 Å². The first-order valence-electron chi connectivity index (χ1n) is 23.6. The Morgan fingerprint density at radius 2 is 0.443 bits per heavy atom. The molecule has 0 spiro atoms. The number of nitrogens with zero attached hydrogens (tertiary/aromatic N) is 6. The number of ketones is 1. The molecule has 2 heterocycles. The fraction of sp³-hybridized carbons (Fsp3) is 0.127. The van der Waals surface area contributed by atoms with Crippen LogP contribution in [0.1, 0.15) is 61.0 Å². The normalized spacial score (nSPS) is 11.2. The summed E-state index contributed by atoms with van der Waals surface area (Å²) in [5.41, 5.74) is 20.7. The van der Waals surface area contributed by atoms with Crippen molar-refractivity contribution in [1.29, 1.82) is 0 Å². The molecule has 0 unspecified atom stereocenters. The molecule has 0 amide bonds. The van der Waals surface area contributed by atoms with E-state index >= 15 is 4.79 Å². The van der Waals surface area contributed by atoms with Gasteiger partial charge in [0.15, 0.2) is 23.3 Å². The number of carbonyl (C=O) groups is 1. The summed E-state index contributed by atoms with van der Waals surface area (Å²) in [5.74, 6) is 0.707. The molecule has 8 aromatic carbocycles. The Hall–Kier alpha value is -8.55. The topological polar surface area (TPSA) is 94.4 Å². The lowest BCUT2D eigenvalue weighted by molar-refractivity contribution is 0.101. The number of hydrogen-bond acceptors (Lipinski definition) is 7. The molecule has 0 bridgehead atoms. The second-order valence-electron chi connectivity index (χ2n) is 18.8. The van der Waals surface area contributed by atoms with E-state index in [-0.39, 0.29) is 11.6 Å². The van der Waals surface area contributed by atoms with Crippen LogP contribution in [0.3, 0.4) is 0 Å². The molecule has 0 saturated carbocycles. The fourth-order valence-corrected chi connectivity index (χ4v) is 9.49. The van der Waals surface area contributed by atoms with Crippen LogP contribution < -0.4 is 0 Å². The third-order valence-electron chi connectivity index (χ3n) is 12.4. The second kappa shape index (κ2) is 18.9. The minimum atomic E-state index is -0.554. The maximum absolute atomic E-state index is 15.3. The average Bonchev–Trinajstić information content (AvgIpc) is 3.35. The van der Waals surface area contributed by atoms with Crippen molar-refractivity contribution < 1.29 is 4.79 Å². The Labute approximate surface area is 410 Å². The zero-order valence-electron chi connectivity index (χ0n) is 40.8. The van der Waals surface area contributed by atoms with Crippen LogP contribution in [-0.4, -0.2) is 35.7 Å². The largest absolute Gasteiger partial charge is 0.281 e. The lowest BCUT2D eigenvalue weighted by atomic mass is 9.98. The Balaban J connectivity index is 1.15. The number of carbonyl (C=O) groups excluding carboxylic acids is 1. The Bertz CT molecular complexity index is 3140. The number of aromatic nitrogens is 6. The molecule has 7 heteroatoms. The quantitative estimate of drug-likeness (QED) is 0.126. The highest BCUT2D eigenvalue weighted by molar-refractivity contribution is 6.04. The summed E-state index contributed by atoms with van der Waals surface area (Å²) in [6.07, 6.45) is 0. The van der Waals surface area contributed by atoms with Crippen molar-refractivity contribution in [2.75, 3.05) is 0 Å². The van der Waals surface area contributed by atoms with Gasteiger partial charge in [-0.25, -0.2) is 29.9 Å². The molecule has 0 radical (unpaired) electrons. The van der Waals surface area contributed by atoms with E-state index in [4.69, 9.17) is 29.9 Å². The molecule has 0 N–H and O–H groups in total. The highest BCUT2D eigenvalue weighted by Gasteiger charge is 2.24. The van der Waals surface area contributed by atoms with Crippen molar-refractivity contribution in [3.8, 4) is 90.1 Å². The molecule has 340 valence electrons. The van der Waals surface area contributed by atoms with Crippen LogP contribution in [0.25, 0.3) is 90.1 Å². The first-order chi connectivity index (χ1) is 33.8. The van der Waals surface area contributed by atoms with Crippen molar-refractivity contribution in [3.05, 3.63) is 226 Å². The van der Waals surface area contributed by atoms with Gasteiger partial charge in [-0.3, -0.25) is 4.79 Å². The number of hydrogen-bond donors (Lipinski definition) is 0. The first kappa shape index (κ1) is 45.2. The van der Waals surface area contributed by atoms with Crippen LogP contribution >= 0.6 is 0 Å². The van der Waals surface area contributed by atoms with Gasteiger partial charge in [0, 0.05) is 22.3 Å². The zero-order chi connectivity index (χ0) is 48.6. The van der Waals surface area contributed by atoms with Gasteiger partial charge in [0.05, 0.1) is 0 Å². The molecule has 0 saturated heterocycles. The van der Waals surface area contributed by atoms with Gasteiger partial charge in [-0.15, -0.1) is 0 Å². The molecule has 0 aliphatic heterocycles. The molecule has 0 fully saturated rings. The van der Waals surface area contributed by atoms with E-state index in [2.05, 4.69) is 177 Å². The van der Waals surface area contributed by atoms with Crippen LogP contribution in [-0.2, 0) is 0 Å². The highest BCUT2D eigenvalue weighted by Crippen LogP contribution is 2.33.